The number of hydrogen-bond donors (Lipinski definition) is 1. The molecule has 1 unspecified atom stereocenters. The lowest BCUT2D eigenvalue weighted by atomic mass is 9.99. The molecule has 5 heteroatoms. The van der Waals surface area contributed by atoms with Gasteiger partial charge in [-0.1, -0.05) is 17.7 Å². The molecule has 1 nitrogen and oxygen atoms in total. The van der Waals surface area contributed by atoms with E-state index in [4.69, 9.17) is 17.3 Å². The van der Waals surface area contributed by atoms with Crippen molar-refractivity contribution >= 4 is 11.6 Å². The molecule has 0 aliphatic carbocycles. The average molecular weight is 286 g/mol. The molecular weight excluding hydrogens is 275 g/mol. The molecule has 0 aliphatic heterocycles. The fraction of sp³-hybridized carbons (Fsp3) is 0.143. The number of hydrogen-bond acceptors (Lipinski definition) is 1. The van der Waals surface area contributed by atoms with E-state index in [2.05, 4.69) is 0 Å². The van der Waals surface area contributed by atoms with Gasteiger partial charge in [0.25, 0.3) is 0 Å². The summed E-state index contributed by atoms with van der Waals surface area (Å²) in [7, 11) is 0. The van der Waals surface area contributed by atoms with E-state index in [-0.39, 0.29) is 12.0 Å². The fourth-order valence-electron chi connectivity index (χ4n) is 1.83. The fourth-order valence-corrected chi connectivity index (χ4v) is 2.01. The van der Waals surface area contributed by atoms with Gasteiger partial charge in [0.05, 0.1) is 0 Å². The van der Waals surface area contributed by atoms with Gasteiger partial charge in [-0.25, -0.2) is 13.2 Å². The monoisotopic (exact) mass is 285 g/mol. The first-order valence-electron chi connectivity index (χ1n) is 5.62. The molecule has 2 N–H and O–H groups in total. The van der Waals surface area contributed by atoms with E-state index in [1.54, 1.807) is 0 Å². The molecule has 0 saturated carbocycles. The summed E-state index contributed by atoms with van der Waals surface area (Å²) >= 11 is 5.78. The Morgan fingerprint density at radius 2 is 1.63 bits per heavy atom. The van der Waals surface area contributed by atoms with Crippen molar-refractivity contribution < 1.29 is 13.2 Å². The predicted octanol–water partition coefficient (Wildman–Crippen LogP) is 4.00. The molecule has 100 valence electrons. The van der Waals surface area contributed by atoms with E-state index in [1.807, 2.05) is 0 Å². The maximum absolute atomic E-state index is 13.6. The van der Waals surface area contributed by atoms with Crippen molar-refractivity contribution in [3.63, 3.8) is 0 Å². The van der Waals surface area contributed by atoms with Crippen LogP contribution < -0.4 is 5.73 Å². The Hall–Kier alpha value is -1.52. The van der Waals surface area contributed by atoms with Crippen LogP contribution in [-0.2, 0) is 6.42 Å². The van der Waals surface area contributed by atoms with Crippen molar-refractivity contribution in [2.24, 2.45) is 5.73 Å². The molecule has 19 heavy (non-hydrogen) atoms. The molecule has 0 aliphatic rings. The lowest BCUT2D eigenvalue weighted by Gasteiger charge is -2.13. The van der Waals surface area contributed by atoms with Gasteiger partial charge in [0, 0.05) is 16.6 Å². The predicted molar refractivity (Wildman–Crippen MR) is 68.4 cm³/mol. The van der Waals surface area contributed by atoms with Crippen LogP contribution in [0, 0.1) is 17.5 Å². The molecule has 2 aromatic rings. The summed E-state index contributed by atoms with van der Waals surface area (Å²) < 4.78 is 39.5. The highest BCUT2D eigenvalue weighted by Crippen LogP contribution is 2.23. The lowest BCUT2D eigenvalue weighted by Crippen LogP contribution is -2.15. The van der Waals surface area contributed by atoms with Crippen molar-refractivity contribution in [3.05, 3.63) is 70.0 Å². The Bertz CT molecular complexity index is 601. The quantitative estimate of drug-likeness (QED) is 0.906. The smallest absolute Gasteiger partial charge is 0.159 e. The first kappa shape index (κ1) is 13.9. The first-order valence-corrected chi connectivity index (χ1v) is 5.99. The van der Waals surface area contributed by atoms with Crippen LogP contribution in [-0.4, -0.2) is 0 Å². The summed E-state index contributed by atoms with van der Waals surface area (Å²) in [5.74, 6) is -2.35. The van der Waals surface area contributed by atoms with Gasteiger partial charge in [-0.15, -0.1) is 0 Å². The standard InChI is InChI=1S/C14H11ClF3N/c15-9-2-4-11(16)10(7-9)14(19)6-8-1-3-12(17)13(18)5-8/h1-5,7,14H,6,19H2. The van der Waals surface area contributed by atoms with E-state index in [0.29, 0.717) is 10.6 Å². The summed E-state index contributed by atoms with van der Waals surface area (Å²) in [4.78, 5) is 0. The minimum Gasteiger partial charge on any atom is -0.324 e. The van der Waals surface area contributed by atoms with Crippen LogP contribution in [0.5, 0.6) is 0 Å². The van der Waals surface area contributed by atoms with Gasteiger partial charge < -0.3 is 5.73 Å². The Morgan fingerprint density at radius 1 is 0.947 bits per heavy atom. The van der Waals surface area contributed by atoms with Gasteiger partial charge >= 0.3 is 0 Å². The van der Waals surface area contributed by atoms with Crippen molar-refractivity contribution in [3.8, 4) is 0 Å². The van der Waals surface area contributed by atoms with Crippen molar-refractivity contribution in [1.29, 1.82) is 0 Å². The number of benzene rings is 2. The van der Waals surface area contributed by atoms with E-state index in [0.717, 1.165) is 12.1 Å². The minimum atomic E-state index is -0.948. The highest BCUT2D eigenvalue weighted by molar-refractivity contribution is 6.30. The molecule has 0 radical (unpaired) electrons. The number of nitrogens with two attached hydrogens (primary N) is 1. The molecule has 2 rings (SSSR count). The molecule has 0 fully saturated rings. The van der Waals surface area contributed by atoms with E-state index in [1.165, 1.54) is 24.3 Å². The third-order valence-electron chi connectivity index (χ3n) is 2.80. The summed E-state index contributed by atoms with van der Waals surface area (Å²) in [6, 6.07) is 6.89. The molecule has 0 saturated heterocycles. The van der Waals surface area contributed by atoms with Gasteiger partial charge in [0.2, 0.25) is 0 Å². The Balaban J connectivity index is 2.22. The lowest BCUT2D eigenvalue weighted by molar-refractivity contribution is 0.505. The SMILES string of the molecule is NC(Cc1ccc(F)c(F)c1)c1cc(Cl)ccc1F. The van der Waals surface area contributed by atoms with E-state index >= 15 is 0 Å². The molecule has 2 aromatic carbocycles. The van der Waals surface area contributed by atoms with Crippen LogP contribution in [0.25, 0.3) is 0 Å². The normalized spacial score (nSPS) is 12.5. The Labute approximate surface area is 113 Å². The second kappa shape index (κ2) is 5.63. The maximum atomic E-state index is 13.6. The molecule has 0 spiro atoms. The van der Waals surface area contributed by atoms with Crippen LogP contribution in [0.15, 0.2) is 36.4 Å². The first-order chi connectivity index (χ1) is 8.97. The van der Waals surface area contributed by atoms with Gasteiger partial charge in [-0.3, -0.25) is 0 Å². The third-order valence-corrected chi connectivity index (χ3v) is 3.03. The molecule has 1 atom stereocenters. The molecule has 0 amide bonds. The van der Waals surface area contributed by atoms with Crippen molar-refractivity contribution in [1.82, 2.24) is 0 Å². The summed E-state index contributed by atoms with van der Waals surface area (Å²) in [6.07, 6.45) is 0.189. The Morgan fingerprint density at radius 3 is 2.32 bits per heavy atom. The summed E-state index contributed by atoms with van der Waals surface area (Å²) in [5.41, 5.74) is 6.61. The van der Waals surface area contributed by atoms with Gasteiger partial charge in [0.15, 0.2) is 11.6 Å². The minimum absolute atomic E-state index is 0.189. The van der Waals surface area contributed by atoms with Crippen LogP contribution in [0.3, 0.4) is 0 Å². The van der Waals surface area contributed by atoms with E-state index in [9.17, 15) is 13.2 Å². The highest BCUT2D eigenvalue weighted by atomic mass is 35.5. The molecule has 0 bridgehead atoms. The molecule has 0 heterocycles. The van der Waals surface area contributed by atoms with Gasteiger partial charge in [-0.2, -0.15) is 0 Å². The second-order valence-electron chi connectivity index (χ2n) is 4.22. The van der Waals surface area contributed by atoms with Crippen molar-refractivity contribution in [2.75, 3.05) is 0 Å². The van der Waals surface area contributed by atoms with Crippen LogP contribution in [0.1, 0.15) is 17.2 Å². The maximum Gasteiger partial charge on any atom is 0.159 e. The zero-order chi connectivity index (χ0) is 14.0. The number of halogens is 4. The second-order valence-corrected chi connectivity index (χ2v) is 4.66. The summed E-state index contributed by atoms with van der Waals surface area (Å²) in [5, 5.41) is 0.372. The topological polar surface area (TPSA) is 26.0 Å². The summed E-state index contributed by atoms with van der Waals surface area (Å²) in [6.45, 7) is 0. The molecular formula is C14H11ClF3N. The number of rotatable bonds is 3. The zero-order valence-corrected chi connectivity index (χ0v) is 10.6. The van der Waals surface area contributed by atoms with Crippen LogP contribution >= 0.6 is 11.6 Å². The highest BCUT2D eigenvalue weighted by Gasteiger charge is 2.14. The Kier molecular flexibility index (Phi) is 4.12. The van der Waals surface area contributed by atoms with Crippen molar-refractivity contribution in [2.45, 2.75) is 12.5 Å². The largest absolute Gasteiger partial charge is 0.324 e. The zero-order valence-electron chi connectivity index (χ0n) is 9.84. The molecule has 0 aromatic heterocycles. The third kappa shape index (κ3) is 3.28. The van der Waals surface area contributed by atoms with E-state index < -0.39 is 23.5 Å². The van der Waals surface area contributed by atoms with Crippen LogP contribution in [0.2, 0.25) is 5.02 Å². The van der Waals surface area contributed by atoms with Crippen LogP contribution in [0.4, 0.5) is 13.2 Å². The van der Waals surface area contributed by atoms with Gasteiger partial charge in [0.1, 0.15) is 5.82 Å². The average Bonchev–Trinajstić information content (AvgIpc) is 2.36. The van der Waals surface area contributed by atoms with Gasteiger partial charge in [-0.05, 0) is 42.3 Å².